The first-order chi connectivity index (χ1) is 15.2. The summed E-state index contributed by atoms with van der Waals surface area (Å²) in [5.41, 5.74) is 2.85. The largest absolute Gasteiger partial charge is 0.573 e. The first-order valence-corrected chi connectivity index (χ1v) is 9.75. The number of nitrogens with zero attached hydrogens (tertiary/aromatic N) is 2. The van der Waals surface area contributed by atoms with Gasteiger partial charge in [0, 0.05) is 36.1 Å². The summed E-state index contributed by atoms with van der Waals surface area (Å²) in [6.07, 6.45) is -4.82. The molecule has 1 amide bonds. The summed E-state index contributed by atoms with van der Waals surface area (Å²) in [7, 11) is 0. The minimum Gasteiger partial charge on any atom is -0.406 e. The number of amides is 1. The van der Waals surface area contributed by atoms with Crippen LogP contribution >= 0.6 is 0 Å². The van der Waals surface area contributed by atoms with Crippen molar-refractivity contribution in [3.8, 4) is 5.75 Å². The average molecular weight is 445 g/mol. The minimum atomic E-state index is -4.82. The molecule has 3 rings (SSSR count). The van der Waals surface area contributed by atoms with E-state index in [1.807, 2.05) is 44.2 Å². The van der Waals surface area contributed by atoms with E-state index in [0.717, 1.165) is 29.1 Å². The second kappa shape index (κ2) is 9.99. The first-order valence-electron chi connectivity index (χ1n) is 9.75. The van der Waals surface area contributed by atoms with E-state index in [-0.39, 0.29) is 12.1 Å². The number of carbonyl (C=O) groups excluding carboxylic acids is 1. The molecule has 0 aliphatic heterocycles. The molecule has 0 unspecified atom stereocenters. The number of carbonyl (C=O) groups is 1. The van der Waals surface area contributed by atoms with Gasteiger partial charge in [-0.05, 0) is 44.2 Å². The number of alkyl halides is 3. The third kappa shape index (κ3) is 7.15. The van der Waals surface area contributed by atoms with E-state index in [0.29, 0.717) is 18.3 Å². The summed E-state index contributed by atoms with van der Waals surface area (Å²) in [6.45, 7) is 4.37. The van der Waals surface area contributed by atoms with E-state index in [1.54, 1.807) is 0 Å². The van der Waals surface area contributed by atoms with Gasteiger partial charge in [-0.3, -0.25) is 4.79 Å². The maximum atomic E-state index is 12.3. The quantitative estimate of drug-likeness (QED) is 0.440. The van der Waals surface area contributed by atoms with E-state index < -0.39 is 18.0 Å². The van der Waals surface area contributed by atoms with Crippen molar-refractivity contribution in [3.63, 3.8) is 0 Å². The van der Waals surface area contributed by atoms with Crippen LogP contribution < -0.4 is 20.7 Å². The summed E-state index contributed by atoms with van der Waals surface area (Å²) < 4.78 is 40.8. The molecule has 0 aliphatic rings. The molecule has 0 saturated carbocycles. The summed E-state index contributed by atoms with van der Waals surface area (Å²) in [4.78, 5) is 20.9. The Labute approximate surface area is 183 Å². The number of anilines is 3. The lowest BCUT2D eigenvalue weighted by molar-refractivity contribution is -0.274. The molecular formula is C22H22F3N5O2. The van der Waals surface area contributed by atoms with Crippen molar-refractivity contribution in [1.29, 1.82) is 0 Å². The molecule has 1 heterocycles. The fourth-order valence-electron chi connectivity index (χ4n) is 2.78. The second-order valence-corrected chi connectivity index (χ2v) is 6.97. The monoisotopic (exact) mass is 445 g/mol. The van der Waals surface area contributed by atoms with Gasteiger partial charge in [0.1, 0.15) is 11.6 Å². The molecule has 2 aromatic carbocycles. The molecule has 0 fully saturated rings. The number of ether oxygens (including phenoxy) is 1. The number of halogens is 3. The molecule has 1 aromatic heterocycles. The van der Waals surface area contributed by atoms with Crippen LogP contribution in [-0.4, -0.2) is 35.3 Å². The summed E-state index contributed by atoms with van der Waals surface area (Å²) >= 11 is 0. The number of hydrogen-bond acceptors (Lipinski definition) is 6. The van der Waals surface area contributed by atoms with Crippen molar-refractivity contribution in [2.24, 2.45) is 0 Å². The lowest BCUT2D eigenvalue weighted by atomic mass is 10.2. The number of aromatic nitrogens is 2. The van der Waals surface area contributed by atoms with E-state index in [2.05, 4.69) is 30.7 Å². The maximum Gasteiger partial charge on any atom is 0.573 e. The van der Waals surface area contributed by atoms with Crippen LogP contribution in [0.1, 0.15) is 21.6 Å². The molecule has 0 spiro atoms. The van der Waals surface area contributed by atoms with E-state index in [4.69, 9.17) is 0 Å². The molecule has 0 aliphatic carbocycles. The van der Waals surface area contributed by atoms with Crippen molar-refractivity contribution in [3.05, 3.63) is 71.4 Å². The van der Waals surface area contributed by atoms with Gasteiger partial charge in [0.25, 0.3) is 5.91 Å². The molecule has 0 saturated heterocycles. The van der Waals surface area contributed by atoms with Gasteiger partial charge >= 0.3 is 6.36 Å². The zero-order chi connectivity index (χ0) is 23.1. The highest BCUT2D eigenvalue weighted by molar-refractivity contribution is 5.94. The zero-order valence-electron chi connectivity index (χ0n) is 17.5. The van der Waals surface area contributed by atoms with Crippen LogP contribution in [0.25, 0.3) is 0 Å². The Morgan fingerprint density at radius 1 is 1.00 bits per heavy atom. The van der Waals surface area contributed by atoms with Gasteiger partial charge in [0.2, 0.25) is 5.95 Å². The predicted molar refractivity (Wildman–Crippen MR) is 115 cm³/mol. The van der Waals surface area contributed by atoms with Gasteiger partial charge in [-0.2, -0.15) is 4.98 Å². The predicted octanol–water partition coefficient (Wildman–Crippen LogP) is 4.58. The molecule has 10 heteroatoms. The van der Waals surface area contributed by atoms with E-state index in [9.17, 15) is 18.0 Å². The van der Waals surface area contributed by atoms with Crippen molar-refractivity contribution in [2.75, 3.05) is 23.7 Å². The number of nitrogens with one attached hydrogen (secondary N) is 3. The van der Waals surface area contributed by atoms with Crippen LogP contribution in [0.5, 0.6) is 5.75 Å². The maximum absolute atomic E-state index is 12.3. The third-order valence-corrected chi connectivity index (χ3v) is 4.20. The van der Waals surface area contributed by atoms with Gasteiger partial charge in [0.05, 0.1) is 0 Å². The SMILES string of the molecule is Cc1ccc(Nc2cc(C)nc(NCCNC(=O)c3cccc(OC(F)(F)F)c3)n2)cc1. The van der Waals surface area contributed by atoms with Crippen LogP contribution in [0.3, 0.4) is 0 Å². The molecular weight excluding hydrogens is 423 g/mol. The Morgan fingerprint density at radius 3 is 2.47 bits per heavy atom. The van der Waals surface area contributed by atoms with Crippen molar-refractivity contribution >= 4 is 23.4 Å². The molecule has 32 heavy (non-hydrogen) atoms. The molecule has 0 bridgehead atoms. The molecule has 3 aromatic rings. The van der Waals surface area contributed by atoms with Crippen molar-refractivity contribution in [1.82, 2.24) is 15.3 Å². The van der Waals surface area contributed by atoms with Crippen LogP contribution in [-0.2, 0) is 0 Å². The molecule has 7 nitrogen and oxygen atoms in total. The summed E-state index contributed by atoms with van der Waals surface area (Å²) in [5, 5.41) is 8.85. The van der Waals surface area contributed by atoms with E-state index in [1.165, 1.54) is 12.1 Å². The highest BCUT2D eigenvalue weighted by Crippen LogP contribution is 2.23. The smallest absolute Gasteiger partial charge is 0.406 e. The summed E-state index contributed by atoms with van der Waals surface area (Å²) in [5.74, 6) is 0.0279. The molecule has 3 N–H and O–H groups in total. The standard InChI is InChI=1S/C22H22F3N5O2/c1-14-6-8-17(9-7-14)29-19-12-15(2)28-21(30-19)27-11-10-26-20(31)16-4-3-5-18(13-16)32-22(23,24)25/h3-9,12-13H,10-11H2,1-2H3,(H,26,31)(H2,27,28,29,30). The molecule has 0 atom stereocenters. The fourth-order valence-corrected chi connectivity index (χ4v) is 2.78. The van der Waals surface area contributed by atoms with Gasteiger partial charge in [-0.25, -0.2) is 4.98 Å². The fraction of sp³-hybridized carbons (Fsp3) is 0.227. The Kier molecular flexibility index (Phi) is 7.14. The van der Waals surface area contributed by atoms with E-state index >= 15 is 0 Å². The lowest BCUT2D eigenvalue weighted by Gasteiger charge is -2.11. The highest BCUT2D eigenvalue weighted by Gasteiger charge is 2.31. The van der Waals surface area contributed by atoms with Gasteiger partial charge in [0.15, 0.2) is 0 Å². The van der Waals surface area contributed by atoms with Crippen LogP contribution in [0.15, 0.2) is 54.6 Å². The molecule has 0 radical (unpaired) electrons. The number of rotatable bonds is 8. The Hall–Kier alpha value is -3.82. The first kappa shape index (κ1) is 22.9. The summed E-state index contributed by atoms with van der Waals surface area (Å²) in [6, 6.07) is 14.6. The second-order valence-electron chi connectivity index (χ2n) is 6.97. The van der Waals surface area contributed by atoms with Gasteiger partial charge in [-0.15, -0.1) is 13.2 Å². The van der Waals surface area contributed by atoms with Gasteiger partial charge < -0.3 is 20.7 Å². The van der Waals surface area contributed by atoms with Crippen LogP contribution in [0.2, 0.25) is 0 Å². The van der Waals surface area contributed by atoms with Crippen LogP contribution in [0.4, 0.5) is 30.6 Å². The zero-order valence-corrected chi connectivity index (χ0v) is 17.5. The number of benzene rings is 2. The Morgan fingerprint density at radius 2 is 1.75 bits per heavy atom. The lowest BCUT2D eigenvalue weighted by Crippen LogP contribution is -2.29. The minimum absolute atomic E-state index is 0.0585. The van der Waals surface area contributed by atoms with Gasteiger partial charge in [-0.1, -0.05) is 23.8 Å². The highest BCUT2D eigenvalue weighted by atomic mass is 19.4. The molecule has 168 valence electrons. The van der Waals surface area contributed by atoms with Crippen molar-refractivity contribution in [2.45, 2.75) is 20.2 Å². The third-order valence-electron chi connectivity index (χ3n) is 4.20. The number of hydrogen-bond donors (Lipinski definition) is 3. The Bertz CT molecular complexity index is 1070. The normalized spacial score (nSPS) is 11.0. The van der Waals surface area contributed by atoms with Crippen LogP contribution in [0, 0.1) is 13.8 Å². The Balaban J connectivity index is 1.52. The topological polar surface area (TPSA) is 88.2 Å². The average Bonchev–Trinajstić information content (AvgIpc) is 2.71. The number of aryl methyl sites for hydroxylation is 2. The van der Waals surface area contributed by atoms with Crippen molar-refractivity contribution < 1.29 is 22.7 Å².